The van der Waals surface area contributed by atoms with Gasteiger partial charge in [0.2, 0.25) is 5.91 Å². The molecule has 1 saturated carbocycles. The van der Waals surface area contributed by atoms with Crippen LogP contribution in [0.25, 0.3) is 0 Å². The van der Waals surface area contributed by atoms with E-state index in [1.165, 1.54) is 6.42 Å². The fraction of sp³-hybridized carbons (Fsp3) is 0.846. The third kappa shape index (κ3) is 2.60. The summed E-state index contributed by atoms with van der Waals surface area (Å²) >= 11 is 0. The molecule has 2 atom stereocenters. The molecule has 1 aliphatic rings. The third-order valence-electron chi connectivity index (χ3n) is 4.35. The van der Waals surface area contributed by atoms with Crippen molar-refractivity contribution in [2.45, 2.75) is 40.0 Å². The molecule has 0 aromatic heterocycles. The maximum atomic E-state index is 12.6. The van der Waals surface area contributed by atoms with E-state index in [2.05, 4.69) is 12.1 Å². The SMILES string of the molecule is CCC(CC)(C(=O)N(C)CC1CC1C)C(N)=NO. The van der Waals surface area contributed by atoms with Gasteiger partial charge in [-0.15, -0.1) is 0 Å². The Bertz CT molecular complexity index is 337. The first-order chi connectivity index (χ1) is 8.42. The van der Waals surface area contributed by atoms with Crippen molar-refractivity contribution < 1.29 is 10.0 Å². The maximum Gasteiger partial charge on any atom is 0.236 e. The number of amidine groups is 1. The van der Waals surface area contributed by atoms with Gasteiger partial charge in [0.05, 0.1) is 0 Å². The van der Waals surface area contributed by atoms with Gasteiger partial charge in [-0.25, -0.2) is 0 Å². The summed E-state index contributed by atoms with van der Waals surface area (Å²) in [7, 11) is 1.80. The molecule has 2 unspecified atom stereocenters. The van der Waals surface area contributed by atoms with Gasteiger partial charge >= 0.3 is 0 Å². The van der Waals surface area contributed by atoms with Crippen LogP contribution in [0.3, 0.4) is 0 Å². The zero-order valence-corrected chi connectivity index (χ0v) is 11.8. The molecule has 1 rings (SSSR count). The molecule has 1 fully saturated rings. The summed E-state index contributed by atoms with van der Waals surface area (Å²) < 4.78 is 0. The summed E-state index contributed by atoms with van der Waals surface area (Å²) in [6, 6.07) is 0. The minimum atomic E-state index is -0.859. The monoisotopic (exact) mass is 255 g/mol. The molecule has 1 amide bonds. The van der Waals surface area contributed by atoms with Gasteiger partial charge in [-0.1, -0.05) is 25.9 Å². The predicted molar refractivity (Wildman–Crippen MR) is 71.3 cm³/mol. The molecule has 5 heteroatoms. The summed E-state index contributed by atoms with van der Waals surface area (Å²) in [4.78, 5) is 14.3. The molecule has 0 saturated heterocycles. The second-order valence-corrected chi connectivity index (χ2v) is 5.43. The average Bonchev–Trinajstić information content (AvgIpc) is 3.06. The van der Waals surface area contributed by atoms with Gasteiger partial charge in [0.1, 0.15) is 5.41 Å². The molecule has 0 aromatic carbocycles. The van der Waals surface area contributed by atoms with E-state index in [4.69, 9.17) is 10.9 Å². The molecule has 104 valence electrons. The average molecular weight is 255 g/mol. The minimum absolute atomic E-state index is 0.0215. The number of carbonyl (C=O) groups excluding carboxylic acids is 1. The number of amides is 1. The molecule has 0 radical (unpaired) electrons. The standard InChI is InChI=1S/C13H25N3O2/c1-5-13(6-2,11(14)15-18)12(17)16(4)8-10-7-9(10)3/h9-10,18H,5-8H2,1-4H3,(H2,14,15). The van der Waals surface area contributed by atoms with Crippen LogP contribution < -0.4 is 5.73 Å². The normalized spacial score (nSPS) is 23.9. The molecular weight excluding hydrogens is 230 g/mol. The van der Waals surface area contributed by atoms with Gasteiger partial charge in [0.15, 0.2) is 5.84 Å². The molecule has 0 aliphatic heterocycles. The summed E-state index contributed by atoms with van der Waals surface area (Å²) in [5, 5.41) is 12.0. The van der Waals surface area contributed by atoms with Crippen molar-refractivity contribution in [3.63, 3.8) is 0 Å². The first-order valence-corrected chi connectivity index (χ1v) is 6.66. The molecular formula is C13H25N3O2. The van der Waals surface area contributed by atoms with Crippen LogP contribution >= 0.6 is 0 Å². The van der Waals surface area contributed by atoms with Crippen molar-refractivity contribution in [2.24, 2.45) is 28.1 Å². The van der Waals surface area contributed by atoms with Crippen molar-refractivity contribution in [3.8, 4) is 0 Å². The van der Waals surface area contributed by atoms with E-state index < -0.39 is 5.41 Å². The maximum absolute atomic E-state index is 12.6. The van der Waals surface area contributed by atoms with Crippen LogP contribution in [-0.2, 0) is 4.79 Å². The van der Waals surface area contributed by atoms with Crippen LogP contribution in [0.1, 0.15) is 40.0 Å². The van der Waals surface area contributed by atoms with Gasteiger partial charge in [-0.05, 0) is 31.1 Å². The Hall–Kier alpha value is -1.26. The molecule has 0 spiro atoms. The van der Waals surface area contributed by atoms with Gasteiger partial charge in [0, 0.05) is 13.6 Å². The summed E-state index contributed by atoms with van der Waals surface area (Å²) in [5.74, 6) is 1.30. The van der Waals surface area contributed by atoms with Crippen molar-refractivity contribution in [1.82, 2.24) is 4.90 Å². The summed E-state index contributed by atoms with van der Waals surface area (Å²) in [6.07, 6.45) is 2.28. The summed E-state index contributed by atoms with van der Waals surface area (Å²) in [5.41, 5.74) is 4.88. The lowest BCUT2D eigenvalue weighted by molar-refractivity contribution is -0.137. The molecule has 3 N–H and O–H groups in total. The quantitative estimate of drug-likeness (QED) is 0.328. The van der Waals surface area contributed by atoms with Crippen molar-refractivity contribution in [2.75, 3.05) is 13.6 Å². The Morgan fingerprint density at radius 1 is 1.50 bits per heavy atom. The highest BCUT2D eigenvalue weighted by atomic mass is 16.4. The topological polar surface area (TPSA) is 78.9 Å². The predicted octanol–water partition coefficient (Wildman–Crippen LogP) is 1.65. The molecule has 0 bridgehead atoms. The van der Waals surface area contributed by atoms with E-state index in [0.29, 0.717) is 24.7 Å². The molecule has 0 aromatic rings. The van der Waals surface area contributed by atoms with E-state index in [-0.39, 0.29) is 11.7 Å². The van der Waals surface area contributed by atoms with Crippen molar-refractivity contribution in [3.05, 3.63) is 0 Å². The van der Waals surface area contributed by atoms with Gasteiger partial charge in [-0.2, -0.15) is 0 Å². The fourth-order valence-corrected chi connectivity index (χ4v) is 2.57. The Morgan fingerprint density at radius 2 is 2.00 bits per heavy atom. The molecule has 18 heavy (non-hydrogen) atoms. The second-order valence-electron chi connectivity index (χ2n) is 5.43. The molecule has 1 aliphatic carbocycles. The Kier molecular flexibility index (Phi) is 4.59. The molecule has 5 nitrogen and oxygen atoms in total. The van der Waals surface area contributed by atoms with Crippen LogP contribution in [0, 0.1) is 17.3 Å². The second kappa shape index (κ2) is 5.59. The lowest BCUT2D eigenvalue weighted by Crippen LogP contribution is -2.50. The van der Waals surface area contributed by atoms with Crippen molar-refractivity contribution >= 4 is 11.7 Å². The highest BCUT2D eigenvalue weighted by Crippen LogP contribution is 2.39. The lowest BCUT2D eigenvalue weighted by atomic mass is 9.79. The Morgan fingerprint density at radius 3 is 2.33 bits per heavy atom. The lowest BCUT2D eigenvalue weighted by Gasteiger charge is -2.33. The minimum Gasteiger partial charge on any atom is -0.409 e. The largest absolute Gasteiger partial charge is 0.409 e. The first-order valence-electron chi connectivity index (χ1n) is 6.66. The van der Waals surface area contributed by atoms with Crippen LogP contribution in [0.2, 0.25) is 0 Å². The smallest absolute Gasteiger partial charge is 0.236 e. The Labute approximate surface area is 109 Å². The first kappa shape index (κ1) is 14.8. The van der Waals surface area contributed by atoms with Gasteiger partial charge in [-0.3, -0.25) is 4.79 Å². The van der Waals surface area contributed by atoms with Crippen LogP contribution in [0.5, 0.6) is 0 Å². The number of hydrogen-bond acceptors (Lipinski definition) is 3. The van der Waals surface area contributed by atoms with E-state index in [9.17, 15) is 4.79 Å². The Balaban J connectivity index is 2.81. The highest BCUT2D eigenvalue weighted by Gasteiger charge is 2.43. The van der Waals surface area contributed by atoms with Gasteiger partial charge < -0.3 is 15.8 Å². The van der Waals surface area contributed by atoms with Crippen LogP contribution in [-0.4, -0.2) is 35.4 Å². The van der Waals surface area contributed by atoms with E-state index in [1.807, 2.05) is 13.8 Å². The fourth-order valence-electron chi connectivity index (χ4n) is 2.57. The third-order valence-corrected chi connectivity index (χ3v) is 4.35. The van der Waals surface area contributed by atoms with Gasteiger partial charge in [0.25, 0.3) is 0 Å². The number of oxime groups is 1. The number of carbonyl (C=O) groups is 1. The number of nitrogens with zero attached hydrogens (tertiary/aromatic N) is 2. The zero-order chi connectivity index (χ0) is 13.9. The van der Waals surface area contributed by atoms with E-state index >= 15 is 0 Å². The summed E-state index contributed by atoms with van der Waals surface area (Å²) in [6.45, 7) is 6.75. The highest BCUT2D eigenvalue weighted by molar-refractivity contribution is 6.06. The van der Waals surface area contributed by atoms with Crippen molar-refractivity contribution in [1.29, 1.82) is 0 Å². The van der Waals surface area contributed by atoms with Crippen LogP contribution in [0.4, 0.5) is 0 Å². The molecule has 0 heterocycles. The van der Waals surface area contributed by atoms with E-state index in [1.54, 1.807) is 11.9 Å². The number of hydrogen-bond donors (Lipinski definition) is 2. The zero-order valence-electron chi connectivity index (χ0n) is 11.8. The van der Waals surface area contributed by atoms with Crippen LogP contribution in [0.15, 0.2) is 5.16 Å². The van der Waals surface area contributed by atoms with E-state index in [0.717, 1.165) is 6.54 Å². The number of nitrogens with two attached hydrogens (primary N) is 1. The number of rotatable bonds is 6.